The number of rotatable bonds is 8. The molecule has 3 aromatic carbocycles. The largest absolute Gasteiger partial charge is 0.502 e. The maximum absolute atomic E-state index is 15.5. The lowest BCUT2D eigenvalue weighted by atomic mass is 9.49. The first kappa shape index (κ1) is 39.9. The van der Waals surface area contributed by atoms with Crippen molar-refractivity contribution in [1.82, 2.24) is 9.99 Å². The Hall–Kier alpha value is -5.93. The molecule has 1 saturated carbocycles. The number of benzene rings is 3. The number of halogens is 5. The van der Waals surface area contributed by atoms with Crippen molar-refractivity contribution in [1.29, 1.82) is 0 Å². The normalized spacial score (nSPS) is 25.0. The zero-order valence-electron chi connectivity index (χ0n) is 31.3. The highest BCUT2D eigenvalue weighted by atomic mass is 35.5. The molecule has 2 aliphatic heterocycles. The summed E-state index contributed by atoms with van der Waals surface area (Å²) in [5, 5.41) is 11.5. The van der Waals surface area contributed by atoms with Gasteiger partial charge in [0.15, 0.2) is 23.1 Å². The molecule has 0 spiro atoms. The third kappa shape index (κ3) is 6.12. The maximum Gasteiger partial charge on any atom is 0.417 e. The number of methoxy groups -OCH3 is 2. The number of anilines is 2. The molecular weight excluding hydrogens is 816 g/mol. The SMILES string of the molecule is COc1cc([C@H]2C3=CC[C@@H]4C(=O)N(c5ccc(C(C)=O)cc5)C(=O)[C@@H]4[C@@H]3C[C@H]3C(=O)N(Nc4ncc(C(F)(F)F)cc4Cl)C(=O)[C@@]23c2ccc(Cl)cc2)cc(OC)c1O. The number of phenolic OH excluding ortho intramolecular Hbond substituents is 1. The second kappa shape index (κ2) is 14.4. The molecule has 4 aromatic rings. The van der Waals surface area contributed by atoms with Gasteiger partial charge in [-0.3, -0.25) is 34.3 Å². The number of aromatic hydroxyl groups is 1. The van der Waals surface area contributed by atoms with Crippen molar-refractivity contribution >= 4 is 64.1 Å². The summed E-state index contributed by atoms with van der Waals surface area (Å²) in [6.07, 6.45) is -2.49. The third-order valence-electron chi connectivity index (χ3n) is 11.9. The number of hydrogen-bond donors (Lipinski definition) is 2. The van der Waals surface area contributed by atoms with E-state index in [-0.39, 0.29) is 41.6 Å². The Kier molecular flexibility index (Phi) is 9.74. The molecule has 3 fully saturated rings. The highest BCUT2D eigenvalue weighted by Gasteiger charge is 2.70. The van der Waals surface area contributed by atoms with Crippen molar-refractivity contribution in [3.8, 4) is 17.2 Å². The number of carbonyl (C=O) groups excluding carboxylic acids is 5. The van der Waals surface area contributed by atoms with Crippen molar-refractivity contribution in [3.05, 3.63) is 117 Å². The number of ketones is 1. The Morgan fingerprint density at radius 1 is 0.915 bits per heavy atom. The first-order valence-corrected chi connectivity index (χ1v) is 19.1. The predicted octanol–water partition coefficient (Wildman–Crippen LogP) is 7.52. The van der Waals surface area contributed by atoms with Gasteiger partial charge in [-0.15, -0.1) is 0 Å². The number of pyridine rings is 1. The molecule has 4 amide bonds. The molecule has 0 unspecified atom stereocenters. The highest BCUT2D eigenvalue weighted by Crippen LogP contribution is 2.65. The van der Waals surface area contributed by atoms with Crippen LogP contribution in [0.25, 0.3) is 0 Å². The molecule has 0 radical (unpaired) electrons. The first-order valence-electron chi connectivity index (χ1n) is 18.3. The lowest BCUT2D eigenvalue weighted by Crippen LogP contribution is -2.53. The minimum atomic E-state index is -4.78. The van der Waals surface area contributed by atoms with Gasteiger partial charge in [0.05, 0.1) is 53.7 Å². The van der Waals surface area contributed by atoms with Crippen LogP contribution < -0.4 is 19.8 Å². The van der Waals surface area contributed by atoms with Gasteiger partial charge < -0.3 is 14.6 Å². The van der Waals surface area contributed by atoms with Crippen molar-refractivity contribution in [2.24, 2.45) is 23.7 Å². The molecule has 8 rings (SSSR count). The molecule has 2 saturated heterocycles. The summed E-state index contributed by atoms with van der Waals surface area (Å²) in [4.78, 5) is 76.1. The van der Waals surface area contributed by atoms with Gasteiger partial charge in [0, 0.05) is 22.7 Å². The van der Waals surface area contributed by atoms with E-state index in [9.17, 15) is 37.5 Å². The fourth-order valence-electron chi connectivity index (χ4n) is 9.34. The number of Topliss-reactive ketones (excluding diaryl/α,β-unsaturated/α-hetero) is 1. The molecule has 6 atom stereocenters. The Morgan fingerprint density at radius 3 is 2.14 bits per heavy atom. The Labute approximate surface area is 344 Å². The van der Waals surface area contributed by atoms with Gasteiger partial charge in [0.2, 0.25) is 17.6 Å². The minimum absolute atomic E-state index is 0.0293. The van der Waals surface area contributed by atoms with Crippen LogP contribution in [-0.2, 0) is 30.8 Å². The number of carbonyl (C=O) groups is 5. The van der Waals surface area contributed by atoms with E-state index < -0.39 is 81.2 Å². The second-order valence-electron chi connectivity index (χ2n) is 14.8. The number of allylic oxidation sites excluding steroid dienone is 2. The average molecular weight is 850 g/mol. The summed E-state index contributed by atoms with van der Waals surface area (Å²) < 4.78 is 51.7. The summed E-state index contributed by atoms with van der Waals surface area (Å²) in [5.41, 5.74) is 1.47. The number of hydrogen-bond acceptors (Lipinski definition) is 10. The number of nitrogens with zero attached hydrogens (tertiary/aromatic N) is 3. The van der Waals surface area contributed by atoms with E-state index in [1.807, 2.05) is 6.08 Å². The fourth-order valence-corrected chi connectivity index (χ4v) is 9.67. The second-order valence-corrected chi connectivity index (χ2v) is 15.7. The van der Waals surface area contributed by atoms with Gasteiger partial charge >= 0.3 is 6.18 Å². The molecule has 1 aromatic heterocycles. The molecule has 304 valence electrons. The monoisotopic (exact) mass is 848 g/mol. The summed E-state index contributed by atoms with van der Waals surface area (Å²) >= 11 is 12.6. The number of imide groups is 2. The number of fused-ring (bicyclic) bond motifs is 4. The highest BCUT2D eigenvalue weighted by molar-refractivity contribution is 6.33. The van der Waals surface area contributed by atoms with E-state index in [0.29, 0.717) is 44.6 Å². The summed E-state index contributed by atoms with van der Waals surface area (Å²) in [6, 6.07) is 16.0. The number of phenols is 1. The van der Waals surface area contributed by atoms with Crippen LogP contribution in [0.4, 0.5) is 24.7 Å². The molecule has 2 N–H and O–H groups in total. The quantitative estimate of drug-likeness (QED) is 0.103. The number of hydrazine groups is 1. The molecule has 2 aliphatic carbocycles. The van der Waals surface area contributed by atoms with Gasteiger partial charge in [-0.05, 0) is 91.4 Å². The van der Waals surface area contributed by atoms with Crippen LogP contribution in [0.5, 0.6) is 17.2 Å². The van der Waals surface area contributed by atoms with Crippen LogP contribution in [0.1, 0.15) is 52.7 Å². The number of amides is 4. The van der Waals surface area contributed by atoms with Crippen LogP contribution in [0.2, 0.25) is 10.0 Å². The minimum Gasteiger partial charge on any atom is -0.502 e. The van der Waals surface area contributed by atoms with Crippen LogP contribution in [0.15, 0.2) is 84.6 Å². The Balaban J connectivity index is 1.33. The number of alkyl halides is 3. The summed E-state index contributed by atoms with van der Waals surface area (Å²) in [5.74, 6) is -8.66. The van der Waals surface area contributed by atoms with E-state index in [1.54, 1.807) is 24.3 Å². The topological polar surface area (TPSA) is 155 Å². The standard InChI is InChI=1S/C42H33Cl2F3N4O8/c1-19(52)20-4-10-25(11-5-20)50-37(54)27-13-12-26-28(33(27)39(50)56)17-29-38(55)51(49-36-30(44)16-23(18-48-36)42(45,46)47)40(57)41(29,22-6-8-24(43)9-7-22)34(26)21-14-31(58-2)35(53)32(15-21)59-3/h4-12,14-16,18,27-29,33-34,53H,13,17H2,1-3H3,(H,48,49)/t27-,28+,29-,33-,34-,41+/m0/s1. The lowest BCUT2D eigenvalue weighted by Gasteiger charge is -2.50. The number of nitrogens with one attached hydrogen (secondary N) is 1. The van der Waals surface area contributed by atoms with Gasteiger partial charge in [0.25, 0.3) is 11.8 Å². The van der Waals surface area contributed by atoms with Gasteiger partial charge in [-0.1, -0.05) is 47.0 Å². The van der Waals surface area contributed by atoms with E-state index in [0.717, 1.165) is 4.90 Å². The fraction of sp³-hybridized carbons (Fsp3) is 0.286. The lowest BCUT2D eigenvalue weighted by molar-refractivity contribution is -0.139. The molecule has 3 heterocycles. The van der Waals surface area contributed by atoms with E-state index in [1.165, 1.54) is 57.5 Å². The van der Waals surface area contributed by atoms with Crippen LogP contribution in [-0.4, -0.2) is 58.7 Å². The van der Waals surface area contributed by atoms with Crippen LogP contribution >= 0.6 is 23.2 Å². The van der Waals surface area contributed by atoms with Gasteiger partial charge in [0.1, 0.15) is 0 Å². The van der Waals surface area contributed by atoms with Gasteiger partial charge in [-0.2, -0.15) is 18.2 Å². The van der Waals surface area contributed by atoms with E-state index >= 15 is 4.79 Å². The van der Waals surface area contributed by atoms with Crippen molar-refractivity contribution in [2.45, 2.75) is 37.3 Å². The molecular formula is C42H33Cl2F3N4O8. The Bertz CT molecular complexity index is 2470. The predicted molar refractivity (Wildman–Crippen MR) is 207 cm³/mol. The van der Waals surface area contributed by atoms with Crippen molar-refractivity contribution in [3.63, 3.8) is 0 Å². The smallest absolute Gasteiger partial charge is 0.417 e. The number of aromatic nitrogens is 1. The maximum atomic E-state index is 15.5. The van der Waals surface area contributed by atoms with E-state index in [2.05, 4.69) is 10.4 Å². The molecule has 17 heteroatoms. The molecule has 59 heavy (non-hydrogen) atoms. The summed E-state index contributed by atoms with van der Waals surface area (Å²) in [6.45, 7) is 1.39. The number of ether oxygens (including phenoxy) is 2. The van der Waals surface area contributed by atoms with Crippen molar-refractivity contribution in [2.75, 3.05) is 24.5 Å². The van der Waals surface area contributed by atoms with E-state index in [4.69, 9.17) is 32.7 Å². The Morgan fingerprint density at radius 2 is 1.56 bits per heavy atom. The molecule has 12 nitrogen and oxygen atoms in total. The zero-order chi connectivity index (χ0) is 42.3. The van der Waals surface area contributed by atoms with Crippen LogP contribution in [0.3, 0.4) is 0 Å². The third-order valence-corrected chi connectivity index (χ3v) is 12.5. The summed E-state index contributed by atoms with van der Waals surface area (Å²) in [7, 11) is 2.64. The zero-order valence-corrected chi connectivity index (χ0v) is 32.9. The van der Waals surface area contributed by atoms with Gasteiger partial charge in [-0.25, -0.2) is 4.98 Å². The average Bonchev–Trinajstić information content (AvgIpc) is 3.59. The van der Waals surface area contributed by atoms with Crippen molar-refractivity contribution < 1.29 is 51.7 Å². The molecule has 0 bridgehead atoms. The first-order chi connectivity index (χ1) is 28.0. The molecule has 4 aliphatic rings. The van der Waals surface area contributed by atoms with Crippen LogP contribution in [0, 0.1) is 23.7 Å².